The maximum absolute atomic E-state index is 9.50. The minimum Gasteiger partial charge on any atom is -0.389 e. The lowest BCUT2D eigenvalue weighted by atomic mass is 10.2. The number of aliphatic hydroxyl groups excluding tert-OH is 1. The van der Waals surface area contributed by atoms with Gasteiger partial charge < -0.3 is 14.6 Å². The summed E-state index contributed by atoms with van der Waals surface area (Å²) < 4.78 is 11.1. The SMILES string of the molecule is CCSC1=CC(O)CC12OCCO2. The van der Waals surface area contributed by atoms with Gasteiger partial charge in [-0.15, -0.1) is 11.8 Å². The Labute approximate surface area is 82.1 Å². The number of thioether (sulfide) groups is 1. The van der Waals surface area contributed by atoms with Crippen molar-refractivity contribution in [2.75, 3.05) is 19.0 Å². The molecule has 0 saturated carbocycles. The van der Waals surface area contributed by atoms with Gasteiger partial charge in [-0.1, -0.05) is 6.92 Å². The molecule has 1 heterocycles. The van der Waals surface area contributed by atoms with E-state index in [4.69, 9.17) is 9.47 Å². The van der Waals surface area contributed by atoms with Crippen LogP contribution in [0.15, 0.2) is 11.0 Å². The second-order valence-electron chi connectivity index (χ2n) is 3.19. The maximum atomic E-state index is 9.50. The van der Waals surface area contributed by atoms with E-state index in [0.29, 0.717) is 19.6 Å². The Hall–Kier alpha value is -0.0300. The van der Waals surface area contributed by atoms with Crippen molar-refractivity contribution in [3.05, 3.63) is 11.0 Å². The van der Waals surface area contributed by atoms with E-state index in [0.717, 1.165) is 10.7 Å². The smallest absolute Gasteiger partial charge is 0.203 e. The van der Waals surface area contributed by atoms with Crippen LogP contribution in [0.1, 0.15) is 13.3 Å². The molecule has 1 saturated heterocycles. The van der Waals surface area contributed by atoms with Crippen molar-refractivity contribution >= 4 is 11.8 Å². The fraction of sp³-hybridized carbons (Fsp3) is 0.778. The average molecular weight is 202 g/mol. The summed E-state index contributed by atoms with van der Waals surface area (Å²) in [4.78, 5) is 1.04. The van der Waals surface area contributed by atoms with Gasteiger partial charge in [0.25, 0.3) is 0 Å². The molecule has 3 nitrogen and oxygen atoms in total. The van der Waals surface area contributed by atoms with E-state index in [1.54, 1.807) is 11.8 Å². The summed E-state index contributed by atoms with van der Waals surface area (Å²) in [5, 5.41) is 9.50. The molecule has 1 fully saturated rings. The number of hydrogen-bond donors (Lipinski definition) is 1. The third kappa shape index (κ3) is 1.64. The molecule has 2 rings (SSSR count). The van der Waals surface area contributed by atoms with E-state index >= 15 is 0 Å². The first kappa shape index (κ1) is 9.52. The summed E-state index contributed by atoms with van der Waals surface area (Å²) in [5.41, 5.74) is 0. The molecule has 0 aromatic heterocycles. The zero-order chi connectivity index (χ0) is 9.31. The Morgan fingerprint density at radius 1 is 1.62 bits per heavy atom. The minimum atomic E-state index is -0.597. The van der Waals surface area contributed by atoms with Crippen molar-refractivity contribution in [2.45, 2.75) is 25.2 Å². The first-order valence-electron chi connectivity index (χ1n) is 4.58. The predicted molar refractivity (Wildman–Crippen MR) is 51.5 cm³/mol. The first-order chi connectivity index (χ1) is 6.27. The van der Waals surface area contributed by atoms with Crippen LogP contribution in [0.4, 0.5) is 0 Å². The van der Waals surface area contributed by atoms with Crippen molar-refractivity contribution in [2.24, 2.45) is 0 Å². The fourth-order valence-electron chi connectivity index (χ4n) is 1.76. The predicted octanol–water partition coefficient (Wildman–Crippen LogP) is 1.13. The molecule has 0 radical (unpaired) electrons. The van der Waals surface area contributed by atoms with Crippen molar-refractivity contribution in [3.8, 4) is 0 Å². The van der Waals surface area contributed by atoms with Gasteiger partial charge in [-0.25, -0.2) is 0 Å². The third-order valence-corrected chi connectivity index (χ3v) is 3.30. The molecule has 1 aliphatic heterocycles. The molecule has 0 aromatic carbocycles. The second-order valence-corrected chi connectivity index (χ2v) is 4.49. The summed E-state index contributed by atoms with van der Waals surface area (Å²) in [7, 11) is 0. The van der Waals surface area contributed by atoms with E-state index in [9.17, 15) is 5.11 Å². The molecule has 74 valence electrons. The van der Waals surface area contributed by atoms with Crippen LogP contribution in [0.3, 0.4) is 0 Å². The Kier molecular flexibility index (Phi) is 2.65. The quantitative estimate of drug-likeness (QED) is 0.728. The van der Waals surface area contributed by atoms with Crippen LogP contribution in [-0.4, -0.2) is 36.0 Å². The number of hydrogen-bond acceptors (Lipinski definition) is 4. The van der Waals surface area contributed by atoms with Crippen molar-refractivity contribution in [1.29, 1.82) is 0 Å². The van der Waals surface area contributed by atoms with Crippen molar-refractivity contribution in [3.63, 3.8) is 0 Å². The number of ether oxygens (including phenoxy) is 2. The van der Waals surface area contributed by atoms with Crippen LogP contribution in [0.5, 0.6) is 0 Å². The van der Waals surface area contributed by atoms with Crippen LogP contribution >= 0.6 is 11.8 Å². The summed E-state index contributed by atoms with van der Waals surface area (Å²) in [6.07, 6.45) is 1.99. The lowest BCUT2D eigenvalue weighted by Gasteiger charge is -2.24. The van der Waals surface area contributed by atoms with Gasteiger partial charge in [-0.2, -0.15) is 0 Å². The Bertz CT molecular complexity index is 221. The zero-order valence-electron chi connectivity index (χ0n) is 7.66. The highest BCUT2D eigenvalue weighted by Crippen LogP contribution is 2.43. The molecular formula is C9H14O3S. The van der Waals surface area contributed by atoms with E-state index in [1.807, 2.05) is 6.08 Å². The molecule has 0 bridgehead atoms. The van der Waals surface area contributed by atoms with Gasteiger partial charge in [0.05, 0.1) is 19.3 Å². The number of aliphatic hydroxyl groups is 1. The topological polar surface area (TPSA) is 38.7 Å². The molecule has 0 amide bonds. The molecule has 2 aliphatic rings. The molecule has 4 heteroatoms. The van der Waals surface area contributed by atoms with Crippen LogP contribution < -0.4 is 0 Å². The highest BCUT2D eigenvalue weighted by molar-refractivity contribution is 8.03. The molecule has 1 spiro atoms. The van der Waals surface area contributed by atoms with Gasteiger partial charge in [-0.05, 0) is 11.8 Å². The molecule has 1 unspecified atom stereocenters. The highest BCUT2D eigenvalue weighted by atomic mass is 32.2. The van der Waals surface area contributed by atoms with Crippen LogP contribution in [0, 0.1) is 0 Å². The standard InChI is InChI=1S/C9H14O3S/c1-2-13-8-5-7(10)6-9(8)11-3-4-12-9/h5,7,10H,2-4,6H2,1H3. The normalized spacial score (nSPS) is 31.2. The molecule has 1 atom stereocenters. The van der Waals surface area contributed by atoms with Crippen LogP contribution in [0.2, 0.25) is 0 Å². The number of rotatable bonds is 2. The lowest BCUT2D eigenvalue weighted by molar-refractivity contribution is -0.127. The molecule has 1 aliphatic carbocycles. The van der Waals surface area contributed by atoms with E-state index in [2.05, 4.69) is 6.92 Å². The Morgan fingerprint density at radius 2 is 2.31 bits per heavy atom. The zero-order valence-corrected chi connectivity index (χ0v) is 8.47. The Balaban J connectivity index is 2.15. The highest BCUT2D eigenvalue weighted by Gasteiger charge is 2.46. The van der Waals surface area contributed by atoms with Gasteiger partial charge in [0.1, 0.15) is 0 Å². The van der Waals surface area contributed by atoms with Crippen LogP contribution in [-0.2, 0) is 9.47 Å². The third-order valence-electron chi connectivity index (χ3n) is 2.25. The summed E-state index contributed by atoms with van der Waals surface area (Å²) in [5.74, 6) is 0.382. The Morgan fingerprint density at radius 3 is 2.92 bits per heavy atom. The average Bonchev–Trinajstić information content (AvgIpc) is 2.63. The van der Waals surface area contributed by atoms with Gasteiger partial charge in [0, 0.05) is 11.3 Å². The van der Waals surface area contributed by atoms with E-state index in [1.165, 1.54) is 0 Å². The first-order valence-corrected chi connectivity index (χ1v) is 5.56. The summed E-state index contributed by atoms with van der Waals surface area (Å²) in [6, 6.07) is 0. The molecule has 1 N–H and O–H groups in total. The van der Waals surface area contributed by atoms with Crippen molar-refractivity contribution < 1.29 is 14.6 Å². The maximum Gasteiger partial charge on any atom is 0.203 e. The van der Waals surface area contributed by atoms with Gasteiger partial charge in [-0.3, -0.25) is 0 Å². The summed E-state index contributed by atoms with van der Waals surface area (Å²) >= 11 is 1.69. The van der Waals surface area contributed by atoms with E-state index in [-0.39, 0.29) is 0 Å². The van der Waals surface area contributed by atoms with Crippen LogP contribution in [0.25, 0.3) is 0 Å². The minimum absolute atomic E-state index is 0.410. The molecular weight excluding hydrogens is 188 g/mol. The monoisotopic (exact) mass is 202 g/mol. The van der Waals surface area contributed by atoms with Gasteiger partial charge >= 0.3 is 0 Å². The van der Waals surface area contributed by atoms with Gasteiger partial charge in [0.2, 0.25) is 5.79 Å². The van der Waals surface area contributed by atoms with Crippen molar-refractivity contribution in [1.82, 2.24) is 0 Å². The second kappa shape index (κ2) is 3.61. The van der Waals surface area contributed by atoms with E-state index < -0.39 is 11.9 Å². The fourth-order valence-corrected chi connectivity index (χ4v) is 2.75. The summed E-state index contributed by atoms with van der Waals surface area (Å²) in [6.45, 7) is 3.35. The van der Waals surface area contributed by atoms with Gasteiger partial charge in [0.15, 0.2) is 0 Å². The largest absolute Gasteiger partial charge is 0.389 e. The molecule has 0 aromatic rings. The molecule has 13 heavy (non-hydrogen) atoms. The lowest BCUT2D eigenvalue weighted by Crippen LogP contribution is -2.30.